The van der Waals surface area contributed by atoms with Crippen LogP contribution in [0.3, 0.4) is 0 Å². The molecule has 7 N–H and O–H groups in total. The normalized spacial score (nSPS) is 38.5. The van der Waals surface area contributed by atoms with E-state index in [1.807, 2.05) is 0 Å². The Morgan fingerprint density at radius 2 is 1.05 bits per heavy atom. The predicted octanol–water partition coefficient (Wildman–Crippen LogP) is 7.60. The first-order valence-electron chi connectivity index (χ1n) is 36.4. The van der Waals surface area contributed by atoms with E-state index < -0.39 is 183 Å². The molecule has 0 aromatic heterocycles. The quantitative estimate of drug-likeness (QED) is 0.0193. The maximum Gasteiger partial charge on any atom is 0.331 e. The van der Waals surface area contributed by atoms with Crippen molar-refractivity contribution in [3.05, 3.63) is 42.0 Å². The van der Waals surface area contributed by atoms with Gasteiger partial charge in [-0.1, -0.05) is 167 Å². The number of esters is 4. The molecule has 97 heavy (non-hydrogen) atoms. The molecule has 0 aliphatic carbocycles. The molecular weight excluding hydrogens is 1260 g/mol. The van der Waals surface area contributed by atoms with Gasteiger partial charge >= 0.3 is 23.9 Å². The fourth-order valence-electron chi connectivity index (χ4n) is 13.3. The van der Waals surface area contributed by atoms with Crippen molar-refractivity contribution in [1.82, 2.24) is 0 Å². The van der Waals surface area contributed by atoms with Gasteiger partial charge in [0.15, 0.2) is 55.9 Å². The molecular formula is C72H116O25. The molecule has 6 saturated heterocycles. The highest BCUT2D eigenvalue weighted by molar-refractivity contribution is 5.87. The van der Waals surface area contributed by atoms with Crippen LogP contribution in [-0.2, 0) is 85.5 Å². The van der Waals surface area contributed by atoms with Gasteiger partial charge in [0.05, 0.1) is 42.5 Å². The van der Waals surface area contributed by atoms with Gasteiger partial charge in [0.1, 0.15) is 67.1 Å². The van der Waals surface area contributed by atoms with Crippen molar-refractivity contribution in [2.75, 3.05) is 0 Å². The van der Waals surface area contributed by atoms with Crippen LogP contribution in [0.1, 0.15) is 222 Å². The second-order valence-electron chi connectivity index (χ2n) is 27.5. The van der Waals surface area contributed by atoms with Crippen LogP contribution in [-0.4, -0.2) is 219 Å². The van der Waals surface area contributed by atoms with E-state index in [1.54, 1.807) is 58.0 Å². The standard InChI is InChI=1S/C72H116O25/c1-10-13-15-16-17-18-21-24-32-38-50(74)92-66-65(97-68-56(80)54(78)52(76)42(5)84-68)61(95-71-64(91-51(75)40-39-47-33-28-26-29-34-47)57(81)59(44(7)87-71)93-67(83)41(4)12-3)46(9)88-72(66)94-60-45(8)86-69-58(82)62(60)90-49(73)37-31-25-22-19-20-23-30-36-48(35-27-14-11-2)89-70-63(96-69)55(79)53(77)43(6)85-70/h26,28-29,33-34,39-46,48,52-66,68-72,76-82H,10-25,27,30-32,35-38H2,1-9H3/b40-39+/t41-,42-,43+,44-,45-,46-,48-,52-,53-,54+,55-,56+,57+,58+,59-,60-,61-,62-,63+,64+,65+,66+,68-,69-,70-,71-,72-/m0/s1. The number of hydrogen-bond donors (Lipinski definition) is 7. The maximum atomic E-state index is 14.6. The molecule has 27 atom stereocenters. The average Bonchev–Trinajstić information content (AvgIpc) is 0.784. The second-order valence-corrected chi connectivity index (χ2v) is 27.5. The summed E-state index contributed by atoms with van der Waals surface area (Å²) in [6.07, 6.45) is -17.9. The molecule has 6 heterocycles. The molecule has 1 aromatic rings. The van der Waals surface area contributed by atoms with Gasteiger partial charge in [-0.2, -0.15) is 0 Å². The summed E-state index contributed by atoms with van der Waals surface area (Å²) in [5.41, 5.74) is 0.645. The molecule has 0 amide bonds. The molecule has 0 saturated carbocycles. The summed E-state index contributed by atoms with van der Waals surface area (Å²) in [5, 5.41) is 81.8. The number of hydrogen-bond acceptors (Lipinski definition) is 25. The molecule has 0 spiro atoms. The predicted molar refractivity (Wildman–Crippen MR) is 350 cm³/mol. The Kier molecular flexibility index (Phi) is 33.8. The molecule has 6 aliphatic rings. The summed E-state index contributed by atoms with van der Waals surface area (Å²) in [5.74, 6) is -3.66. The van der Waals surface area contributed by atoms with Gasteiger partial charge < -0.3 is 102 Å². The third-order valence-electron chi connectivity index (χ3n) is 19.6. The van der Waals surface area contributed by atoms with Gasteiger partial charge in [-0.05, 0) is 78.4 Å². The lowest BCUT2D eigenvalue weighted by Gasteiger charge is -2.51. The smallest absolute Gasteiger partial charge is 0.331 e. The van der Waals surface area contributed by atoms with Crippen LogP contribution in [0.2, 0.25) is 0 Å². The van der Waals surface area contributed by atoms with Crippen LogP contribution < -0.4 is 0 Å². The van der Waals surface area contributed by atoms with E-state index in [2.05, 4.69) is 13.8 Å². The van der Waals surface area contributed by atoms with Gasteiger partial charge in [0.25, 0.3) is 0 Å². The Morgan fingerprint density at radius 1 is 0.495 bits per heavy atom. The SMILES string of the molecule is CCCCCCCCCCCC(=O)O[C@H]1[C@H](O[C@@H]2[C@H]3OC(=O)CCCCCCCCC[C@H](CCCCC)O[C@@H]4O[C@H](C)[C@H](O)[C@H](O)[C@H]4O[C@H](O[C@H]2C)[C@@H]3O)O[C@@H](C)[C@H](O[C@@H]2O[C@@H](C)[C@H](OC(=O)[C@@H](C)CC)[C@@H](O)[C@H]2OC(=O)/C=C/c2ccccc2)[C@H]1O[C@@H]1O[C@@H](C)[C@H](O)[C@@H](O)[C@H]1O. The number of carbonyl (C=O) groups excluding carboxylic acids is 4. The summed E-state index contributed by atoms with van der Waals surface area (Å²) in [4.78, 5) is 56.1. The van der Waals surface area contributed by atoms with Crippen LogP contribution in [0.4, 0.5) is 0 Å². The Bertz CT molecular complexity index is 2490. The lowest BCUT2D eigenvalue weighted by atomic mass is 9.95. The third kappa shape index (κ3) is 23.3. The number of benzene rings is 1. The van der Waals surface area contributed by atoms with Gasteiger partial charge in [-0.15, -0.1) is 0 Å². The number of rotatable bonds is 27. The van der Waals surface area contributed by atoms with E-state index in [9.17, 15) is 54.9 Å². The van der Waals surface area contributed by atoms with E-state index in [4.69, 9.17) is 66.3 Å². The van der Waals surface area contributed by atoms with Crippen molar-refractivity contribution in [3.63, 3.8) is 0 Å². The Hall–Kier alpha value is -3.84. The monoisotopic (exact) mass is 1380 g/mol. The molecule has 25 nitrogen and oxygen atoms in total. The van der Waals surface area contributed by atoms with Gasteiger partial charge in [-0.25, -0.2) is 4.79 Å². The fraction of sp³-hybridized carbons (Fsp3) is 0.833. The largest absolute Gasteiger partial charge is 0.456 e. The number of carbonyl (C=O) groups is 4. The number of ether oxygens (including phenoxy) is 14. The van der Waals surface area contributed by atoms with Crippen molar-refractivity contribution in [2.24, 2.45) is 5.92 Å². The molecule has 2 bridgehead atoms. The van der Waals surface area contributed by atoms with Crippen molar-refractivity contribution in [3.8, 4) is 0 Å². The summed E-state index contributed by atoms with van der Waals surface area (Å²) >= 11 is 0. The van der Waals surface area contributed by atoms with Crippen LogP contribution in [0.25, 0.3) is 6.08 Å². The summed E-state index contributed by atoms with van der Waals surface area (Å²) in [6, 6.07) is 8.86. The lowest BCUT2D eigenvalue weighted by molar-refractivity contribution is -0.399. The van der Waals surface area contributed by atoms with E-state index in [-0.39, 0.29) is 18.9 Å². The molecule has 0 unspecified atom stereocenters. The first-order chi connectivity index (χ1) is 46.5. The topological polar surface area (TPSA) is 339 Å². The number of fused-ring (bicyclic) bond motifs is 3. The van der Waals surface area contributed by atoms with Crippen molar-refractivity contribution >= 4 is 30.0 Å². The zero-order valence-corrected chi connectivity index (χ0v) is 58.6. The van der Waals surface area contributed by atoms with E-state index in [1.165, 1.54) is 26.8 Å². The molecule has 554 valence electrons. The zero-order chi connectivity index (χ0) is 70.3. The number of aliphatic hydroxyl groups is 7. The molecule has 7 rings (SSSR count). The average molecular weight is 1380 g/mol. The summed E-state index contributed by atoms with van der Waals surface area (Å²) in [7, 11) is 0. The van der Waals surface area contributed by atoms with E-state index in [0.717, 1.165) is 109 Å². The lowest BCUT2D eigenvalue weighted by Crippen LogP contribution is -2.68. The Morgan fingerprint density at radius 3 is 1.73 bits per heavy atom. The van der Waals surface area contributed by atoms with E-state index >= 15 is 0 Å². The minimum Gasteiger partial charge on any atom is -0.456 e. The Labute approximate surface area is 573 Å². The Balaban J connectivity index is 1.27. The number of unbranched alkanes of at least 4 members (excludes halogenated alkanes) is 10. The first kappa shape index (κ1) is 80.5. The first-order valence-corrected chi connectivity index (χ1v) is 36.4. The third-order valence-corrected chi connectivity index (χ3v) is 19.6. The molecule has 1 aromatic carbocycles. The molecule has 0 radical (unpaired) electrons. The fourth-order valence-corrected chi connectivity index (χ4v) is 13.3. The summed E-state index contributed by atoms with van der Waals surface area (Å²) in [6.45, 7) is 15.4. The van der Waals surface area contributed by atoms with Crippen LogP contribution in [0, 0.1) is 5.92 Å². The van der Waals surface area contributed by atoms with Crippen LogP contribution in [0.5, 0.6) is 0 Å². The van der Waals surface area contributed by atoms with Crippen molar-refractivity contribution in [2.45, 2.75) is 376 Å². The van der Waals surface area contributed by atoms with Gasteiger partial charge in [0.2, 0.25) is 0 Å². The van der Waals surface area contributed by atoms with E-state index in [0.29, 0.717) is 44.1 Å². The minimum atomic E-state index is -1.95. The molecule has 6 aliphatic heterocycles. The van der Waals surface area contributed by atoms with Crippen molar-refractivity contribution in [1.29, 1.82) is 0 Å². The number of aliphatic hydroxyl groups excluding tert-OH is 7. The second kappa shape index (κ2) is 40.7. The van der Waals surface area contributed by atoms with Crippen LogP contribution in [0.15, 0.2) is 36.4 Å². The van der Waals surface area contributed by atoms with Gasteiger partial charge in [0, 0.05) is 18.9 Å². The highest BCUT2D eigenvalue weighted by Gasteiger charge is 2.59. The highest BCUT2D eigenvalue weighted by Crippen LogP contribution is 2.40. The highest BCUT2D eigenvalue weighted by atomic mass is 16.8. The molecule has 6 fully saturated rings. The zero-order valence-electron chi connectivity index (χ0n) is 58.6. The minimum absolute atomic E-state index is 0.0454. The molecule has 25 heteroatoms. The summed E-state index contributed by atoms with van der Waals surface area (Å²) < 4.78 is 90.1. The maximum absolute atomic E-state index is 14.6. The van der Waals surface area contributed by atoms with Crippen LogP contribution >= 0.6 is 0 Å². The van der Waals surface area contributed by atoms with Gasteiger partial charge in [-0.3, -0.25) is 14.4 Å². The van der Waals surface area contributed by atoms with Crippen molar-refractivity contribution < 1.29 is 121 Å².